The van der Waals surface area contributed by atoms with Crippen LogP contribution in [-0.4, -0.2) is 35.7 Å². The van der Waals surface area contributed by atoms with Crippen LogP contribution in [0.25, 0.3) is 11.0 Å². The lowest BCUT2D eigenvalue weighted by molar-refractivity contribution is 0.0980. The average molecular weight is 512 g/mol. The van der Waals surface area contributed by atoms with Gasteiger partial charge in [0.1, 0.15) is 11.5 Å². The summed E-state index contributed by atoms with van der Waals surface area (Å²) in [6, 6.07) is 12.6. The highest BCUT2D eigenvalue weighted by molar-refractivity contribution is 7.92. The standard InChI is InChI=1S/C26H23F2N3O4S/c1-2-10-36(34,35)31-21-9-8-20(27)24(25(21)28)23(33)13-17-11-18-19(15-30-26(18)29-14-17)22(32)12-16-6-4-3-5-7-16/h3-9,11,14-15,31H,2,10,12-13H2,1H3,(H,29,30). The molecular formula is C26H23F2N3O4S. The van der Waals surface area contributed by atoms with Gasteiger partial charge in [-0.1, -0.05) is 37.3 Å². The van der Waals surface area contributed by atoms with Crippen LogP contribution in [-0.2, 0) is 22.9 Å². The van der Waals surface area contributed by atoms with E-state index in [-0.39, 0.29) is 18.0 Å². The van der Waals surface area contributed by atoms with Gasteiger partial charge in [-0.2, -0.15) is 0 Å². The molecule has 0 saturated heterocycles. The molecule has 2 aromatic carbocycles. The Labute approximate surface area is 206 Å². The van der Waals surface area contributed by atoms with Crippen molar-refractivity contribution >= 4 is 38.3 Å². The second-order valence-electron chi connectivity index (χ2n) is 8.33. The van der Waals surface area contributed by atoms with Crippen LogP contribution in [0.4, 0.5) is 14.5 Å². The maximum absolute atomic E-state index is 15.0. The number of hydrogen-bond acceptors (Lipinski definition) is 5. The molecule has 4 aromatic rings. The molecule has 0 unspecified atom stereocenters. The normalized spacial score (nSPS) is 11.5. The molecule has 2 aromatic heterocycles. The summed E-state index contributed by atoms with van der Waals surface area (Å²) >= 11 is 0. The van der Waals surface area contributed by atoms with E-state index in [1.54, 1.807) is 19.2 Å². The first kappa shape index (κ1) is 25.2. The van der Waals surface area contributed by atoms with Gasteiger partial charge in [0.15, 0.2) is 17.4 Å². The number of hydrogen-bond donors (Lipinski definition) is 2. The van der Waals surface area contributed by atoms with Gasteiger partial charge in [0.2, 0.25) is 10.0 Å². The fourth-order valence-corrected chi connectivity index (χ4v) is 5.03. The molecule has 0 spiro atoms. The number of H-pyrrole nitrogens is 1. The molecule has 0 saturated carbocycles. The number of fused-ring (bicyclic) bond motifs is 1. The predicted molar refractivity (Wildman–Crippen MR) is 133 cm³/mol. The largest absolute Gasteiger partial charge is 0.345 e. The highest BCUT2D eigenvalue weighted by Crippen LogP contribution is 2.25. The molecule has 0 aliphatic carbocycles. The molecule has 0 amide bonds. The molecule has 0 aliphatic rings. The van der Waals surface area contributed by atoms with Crippen LogP contribution >= 0.6 is 0 Å². The Morgan fingerprint density at radius 2 is 1.72 bits per heavy atom. The zero-order chi connectivity index (χ0) is 25.9. The molecule has 36 heavy (non-hydrogen) atoms. The number of nitrogens with zero attached hydrogens (tertiary/aromatic N) is 1. The monoisotopic (exact) mass is 511 g/mol. The molecule has 0 aliphatic heterocycles. The number of aromatic nitrogens is 2. The van der Waals surface area contributed by atoms with Crippen molar-refractivity contribution in [2.24, 2.45) is 0 Å². The minimum atomic E-state index is -3.84. The lowest BCUT2D eigenvalue weighted by Crippen LogP contribution is -2.19. The van der Waals surface area contributed by atoms with Crippen molar-refractivity contribution in [3.05, 3.63) is 94.8 Å². The number of aromatic amines is 1. The molecule has 0 fully saturated rings. The van der Waals surface area contributed by atoms with Crippen molar-refractivity contribution in [2.75, 3.05) is 10.5 Å². The van der Waals surface area contributed by atoms with Crippen molar-refractivity contribution in [1.82, 2.24) is 9.97 Å². The van der Waals surface area contributed by atoms with E-state index in [0.29, 0.717) is 28.6 Å². The van der Waals surface area contributed by atoms with E-state index >= 15 is 0 Å². The number of carbonyl (C=O) groups is 2. The number of ketones is 2. The topological polar surface area (TPSA) is 109 Å². The van der Waals surface area contributed by atoms with E-state index < -0.39 is 45.1 Å². The summed E-state index contributed by atoms with van der Waals surface area (Å²) in [5.74, 6) is -3.68. The SMILES string of the molecule is CCCS(=O)(=O)Nc1ccc(F)c(C(=O)Cc2cnc3[nH]cc(C(=O)Cc4ccccc4)c3c2)c1F. The van der Waals surface area contributed by atoms with Crippen LogP contribution in [0.15, 0.2) is 60.9 Å². The molecule has 2 N–H and O–H groups in total. The summed E-state index contributed by atoms with van der Waals surface area (Å²) in [6.45, 7) is 1.64. The molecular weight excluding hydrogens is 488 g/mol. The second kappa shape index (κ2) is 10.4. The van der Waals surface area contributed by atoms with Crippen LogP contribution in [0, 0.1) is 11.6 Å². The van der Waals surface area contributed by atoms with Crippen molar-refractivity contribution in [1.29, 1.82) is 0 Å². The Kier molecular flexibility index (Phi) is 7.25. The van der Waals surface area contributed by atoms with Gasteiger partial charge >= 0.3 is 0 Å². The lowest BCUT2D eigenvalue weighted by atomic mass is 9.99. The van der Waals surface area contributed by atoms with E-state index in [2.05, 4.69) is 14.7 Å². The third-order valence-electron chi connectivity index (χ3n) is 5.57. The Balaban J connectivity index is 1.60. The molecule has 2 heterocycles. The van der Waals surface area contributed by atoms with Crippen molar-refractivity contribution < 1.29 is 26.8 Å². The molecule has 0 radical (unpaired) electrons. The lowest BCUT2D eigenvalue weighted by Gasteiger charge is -2.11. The zero-order valence-electron chi connectivity index (χ0n) is 19.3. The third kappa shape index (κ3) is 5.49. The second-order valence-corrected chi connectivity index (χ2v) is 10.2. The van der Waals surface area contributed by atoms with Crippen LogP contribution in [0.3, 0.4) is 0 Å². The van der Waals surface area contributed by atoms with Gasteiger partial charge in [-0.05, 0) is 35.7 Å². The first-order chi connectivity index (χ1) is 17.2. The summed E-state index contributed by atoms with van der Waals surface area (Å²) < 4.78 is 55.5. The Bertz CT molecular complexity index is 1550. The summed E-state index contributed by atoms with van der Waals surface area (Å²) in [5, 5.41) is 0.489. The van der Waals surface area contributed by atoms with Crippen LogP contribution in [0.5, 0.6) is 0 Å². The Morgan fingerprint density at radius 3 is 2.44 bits per heavy atom. The molecule has 7 nitrogen and oxygen atoms in total. The predicted octanol–water partition coefficient (Wildman–Crippen LogP) is 4.84. The van der Waals surface area contributed by atoms with Crippen molar-refractivity contribution in [3.8, 4) is 0 Å². The first-order valence-electron chi connectivity index (χ1n) is 11.2. The van der Waals surface area contributed by atoms with Gasteiger partial charge in [-0.3, -0.25) is 14.3 Å². The van der Waals surface area contributed by atoms with E-state index in [1.165, 1.54) is 6.20 Å². The Hall–Kier alpha value is -3.92. The summed E-state index contributed by atoms with van der Waals surface area (Å²) in [4.78, 5) is 32.9. The van der Waals surface area contributed by atoms with Gasteiger partial charge in [-0.25, -0.2) is 22.2 Å². The number of pyridine rings is 1. The third-order valence-corrected chi connectivity index (χ3v) is 7.05. The minimum absolute atomic E-state index is 0.151. The van der Waals surface area contributed by atoms with Gasteiger partial charge in [0.05, 0.1) is 17.0 Å². The van der Waals surface area contributed by atoms with E-state index in [1.807, 2.05) is 30.3 Å². The summed E-state index contributed by atoms with van der Waals surface area (Å²) in [5.41, 5.74) is 0.670. The zero-order valence-corrected chi connectivity index (χ0v) is 20.2. The van der Waals surface area contributed by atoms with Crippen LogP contribution in [0.2, 0.25) is 0 Å². The van der Waals surface area contributed by atoms with E-state index in [4.69, 9.17) is 0 Å². The van der Waals surface area contributed by atoms with Gasteiger partial charge in [-0.15, -0.1) is 0 Å². The number of Topliss-reactive ketones (excluding diaryl/α,β-unsaturated/α-hetero) is 2. The van der Waals surface area contributed by atoms with Crippen LogP contribution in [0.1, 0.15) is 45.2 Å². The van der Waals surface area contributed by atoms with Gasteiger partial charge in [0.25, 0.3) is 0 Å². The number of halogens is 2. The minimum Gasteiger partial charge on any atom is -0.345 e. The number of sulfonamides is 1. The van der Waals surface area contributed by atoms with Gasteiger partial charge in [0, 0.05) is 36.2 Å². The molecule has 0 bridgehead atoms. The fourth-order valence-electron chi connectivity index (χ4n) is 3.90. The van der Waals surface area contributed by atoms with Crippen LogP contribution < -0.4 is 4.72 Å². The molecule has 0 atom stereocenters. The van der Waals surface area contributed by atoms with E-state index in [0.717, 1.165) is 17.7 Å². The summed E-state index contributed by atoms with van der Waals surface area (Å²) in [6.07, 6.45) is 2.99. The number of nitrogens with one attached hydrogen (secondary N) is 2. The van der Waals surface area contributed by atoms with Crippen molar-refractivity contribution in [2.45, 2.75) is 26.2 Å². The Morgan fingerprint density at radius 1 is 1.00 bits per heavy atom. The smallest absolute Gasteiger partial charge is 0.232 e. The highest BCUT2D eigenvalue weighted by Gasteiger charge is 2.23. The van der Waals surface area contributed by atoms with Crippen molar-refractivity contribution in [3.63, 3.8) is 0 Å². The first-order valence-corrected chi connectivity index (χ1v) is 12.9. The quantitative estimate of drug-likeness (QED) is 0.296. The summed E-state index contributed by atoms with van der Waals surface area (Å²) in [7, 11) is -3.84. The fraction of sp³-hybridized carbons (Fsp3) is 0.192. The highest BCUT2D eigenvalue weighted by atomic mass is 32.2. The number of carbonyl (C=O) groups excluding carboxylic acids is 2. The molecule has 4 rings (SSSR count). The number of rotatable bonds is 10. The molecule has 186 valence electrons. The van der Waals surface area contributed by atoms with Gasteiger partial charge < -0.3 is 4.98 Å². The molecule has 10 heteroatoms. The number of anilines is 1. The number of benzene rings is 2. The van der Waals surface area contributed by atoms with E-state index in [9.17, 15) is 26.8 Å². The maximum atomic E-state index is 15.0. The maximum Gasteiger partial charge on any atom is 0.232 e. The average Bonchev–Trinajstić information content (AvgIpc) is 3.25.